The van der Waals surface area contributed by atoms with E-state index in [0.717, 1.165) is 4.90 Å². The zero-order valence-electron chi connectivity index (χ0n) is 17.4. The van der Waals surface area contributed by atoms with Crippen LogP contribution in [0.4, 0.5) is 5.69 Å². The molecule has 2 aliphatic rings. The number of nitro groups is 1. The van der Waals surface area contributed by atoms with Crippen LogP contribution in [0.5, 0.6) is 5.75 Å². The molecule has 0 aliphatic carbocycles. The molecule has 10 heteroatoms. The number of hydrogen-bond donors (Lipinski definition) is 0. The molecule has 2 heterocycles. The van der Waals surface area contributed by atoms with E-state index in [2.05, 4.69) is 0 Å². The van der Waals surface area contributed by atoms with Gasteiger partial charge in [-0.15, -0.1) is 0 Å². The molecule has 10 nitrogen and oxygen atoms in total. The molecule has 166 valence electrons. The first kappa shape index (κ1) is 21.4. The van der Waals surface area contributed by atoms with E-state index in [1.807, 2.05) is 0 Å². The summed E-state index contributed by atoms with van der Waals surface area (Å²) >= 11 is 0. The minimum atomic E-state index is -0.957. The lowest BCUT2D eigenvalue weighted by molar-refractivity contribution is -0.386. The summed E-state index contributed by atoms with van der Waals surface area (Å²) in [5.74, 6) is -1.25. The lowest BCUT2D eigenvalue weighted by Crippen LogP contribution is -2.46. The molecule has 1 atom stereocenters. The molecule has 2 aliphatic heterocycles. The number of ether oxygens (including phenoxy) is 2. The Morgan fingerprint density at radius 2 is 1.75 bits per heavy atom. The van der Waals surface area contributed by atoms with Gasteiger partial charge in [0.15, 0.2) is 11.9 Å². The molecule has 2 aromatic rings. The van der Waals surface area contributed by atoms with E-state index in [0.29, 0.717) is 43.0 Å². The Labute approximate surface area is 183 Å². The normalized spacial score (nSPS) is 16.7. The van der Waals surface area contributed by atoms with Crippen LogP contribution in [0, 0.1) is 10.1 Å². The SMILES string of the molecule is CC(Oc1cc(CN2C(=O)c3ccccc3C2=O)ccc1[N+](=O)[O-])C(=O)N1CCOCC1. The van der Waals surface area contributed by atoms with E-state index < -0.39 is 22.8 Å². The van der Waals surface area contributed by atoms with Crippen LogP contribution in [0.25, 0.3) is 0 Å². The maximum Gasteiger partial charge on any atom is 0.310 e. The number of benzene rings is 2. The van der Waals surface area contributed by atoms with Gasteiger partial charge in [-0.1, -0.05) is 18.2 Å². The largest absolute Gasteiger partial charge is 0.474 e. The van der Waals surface area contributed by atoms with Gasteiger partial charge in [-0.3, -0.25) is 29.4 Å². The number of fused-ring (bicyclic) bond motifs is 1. The van der Waals surface area contributed by atoms with Gasteiger partial charge >= 0.3 is 5.69 Å². The molecule has 1 fully saturated rings. The number of nitro benzene ring substituents is 1. The maximum absolute atomic E-state index is 12.6. The summed E-state index contributed by atoms with van der Waals surface area (Å²) in [6.45, 7) is 3.15. The molecule has 0 aromatic heterocycles. The van der Waals surface area contributed by atoms with Gasteiger partial charge in [-0.2, -0.15) is 0 Å². The van der Waals surface area contributed by atoms with E-state index in [9.17, 15) is 24.5 Å². The van der Waals surface area contributed by atoms with Gasteiger partial charge in [0.25, 0.3) is 17.7 Å². The third-order valence-corrected chi connectivity index (χ3v) is 5.41. The molecule has 0 saturated carbocycles. The van der Waals surface area contributed by atoms with Crippen LogP contribution >= 0.6 is 0 Å². The van der Waals surface area contributed by atoms with E-state index in [1.165, 1.54) is 25.1 Å². The van der Waals surface area contributed by atoms with Crippen molar-refractivity contribution in [2.45, 2.75) is 19.6 Å². The summed E-state index contributed by atoms with van der Waals surface area (Å²) < 4.78 is 10.9. The Morgan fingerprint density at radius 1 is 1.12 bits per heavy atom. The fourth-order valence-electron chi connectivity index (χ4n) is 3.75. The molecular formula is C22H21N3O7. The summed E-state index contributed by atoms with van der Waals surface area (Å²) in [6, 6.07) is 10.6. The minimum Gasteiger partial charge on any atom is -0.474 e. The molecule has 32 heavy (non-hydrogen) atoms. The van der Waals surface area contributed by atoms with Gasteiger partial charge in [-0.05, 0) is 30.7 Å². The smallest absolute Gasteiger partial charge is 0.310 e. The Balaban J connectivity index is 1.55. The quantitative estimate of drug-likeness (QED) is 0.384. The number of imide groups is 1. The van der Waals surface area contributed by atoms with Crippen molar-refractivity contribution < 1.29 is 28.8 Å². The first-order chi connectivity index (χ1) is 15.4. The molecule has 2 aromatic carbocycles. The highest BCUT2D eigenvalue weighted by atomic mass is 16.6. The average molecular weight is 439 g/mol. The van der Waals surface area contributed by atoms with Crippen LogP contribution in [0.2, 0.25) is 0 Å². The van der Waals surface area contributed by atoms with Crippen molar-refractivity contribution in [3.8, 4) is 5.75 Å². The highest BCUT2D eigenvalue weighted by Crippen LogP contribution is 2.31. The third-order valence-electron chi connectivity index (χ3n) is 5.41. The van der Waals surface area contributed by atoms with Crippen LogP contribution in [0.1, 0.15) is 33.2 Å². The van der Waals surface area contributed by atoms with Crippen LogP contribution in [-0.4, -0.2) is 64.9 Å². The Bertz CT molecular complexity index is 1060. The zero-order chi connectivity index (χ0) is 22.8. The highest BCUT2D eigenvalue weighted by molar-refractivity contribution is 6.21. The lowest BCUT2D eigenvalue weighted by Gasteiger charge is -2.29. The number of rotatable bonds is 6. The average Bonchev–Trinajstić information content (AvgIpc) is 3.04. The van der Waals surface area contributed by atoms with Crippen LogP contribution in [0.3, 0.4) is 0 Å². The van der Waals surface area contributed by atoms with Gasteiger partial charge in [0.05, 0.1) is 35.8 Å². The molecular weight excluding hydrogens is 418 g/mol. The van der Waals surface area contributed by atoms with Gasteiger partial charge in [0.1, 0.15) is 0 Å². The molecule has 0 bridgehead atoms. The Hall–Kier alpha value is -3.79. The first-order valence-electron chi connectivity index (χ1n) is 10.1. The number of morpholine rings is 1. The van der Waals surface area contributed by atoms with Crippen molar-refractivity contribution in [3.05, 3.63) is 69.3 Å². The molecule has 1 unspecified atom stereocenters. The van der Waals surface area contributed by atoms with Crippen LogP contribution in [-0.2, 0) is 16.1 Å². The fraction of sp³-hybridized carbons (Fsp3) is 0.318. The van der Waals surface area contributed by atoms with Crippen molar-refractivity contribution >= 4 is 23.4 Å². The van der Waals surface area contributed by atoms with Crippen LogP contribution in [0.15, 0.2) is 42.5 Å². The second-order valence-electron chi connectivity index (χ2n) is 7.50. The Kier molecular flexibility index (Phi) is 5.87. The third kappa shape index (κ3) is 4.04. The predicted octanol–water partition coefficient (Wildman–Crippen LogP) is 2.02. The number of amides is 3. The molecule has 1 saturated heterocycles. The topological polar surface area (TPSA) is 119 Å². The first-order valence-corrected chi connectivity index (χ1v) is 10.1. The summed E-state index contributed by atoms with van der Waals surface area (Å²) in [6.07, 6.45) is -0.957. The molecule has 4 rings (SSSR count). The van der Waals surface area contributed by atoms with Gasteiger partial charge in [0, 0.05) is 19.2 Å². The number of hydrogen-bond acceptors (Lipinski definition) is 7. The molecule has 0 spiro atoms. The maximum atomic E-state index is 12.6. The van der Waals surface area contributed by atoms with Crippen molar-refractivity contribution in [1.29, 1.82) is 0 Å². The van der Waals surface area contributed by atoms with Crippen molar-refractivity contribution in [3.63, 3.8) is 0 Å². The second kappa shape index (κ2) is 8.75. The number of nitrogens with zero attached hydrogens (tertiary/aromatic N) is 3. The lowest BCUT2D eigenvalue weighted by atomic mass is 10.1. The summed E-state index contributed by atoms with van der Waals surface area (Å²) in [4.78, 5) is 51.4. The monoisotopic (exact) mass is 439 g/mol. The van der Waals surface area contributed by atoms with E-state index in [1.54, 1.807) is 29.2 Å². The zero-order valence-corrected chi connectivity index (χ0v) is 17.4. The standard InChI is InChI=1S/C22H21N3O7/c1-14(20(26)23-8-10-31-11-9-23)32-19-12-15(6-7-18(19)25(29)30)13-24-21(27)16-4-2-3-5-17(16)22(24)28/h2-7,12,14H,8-11,13H2,1H3. The summed E-state index contributed by atoms with van der Waals surface area (Å²) in [7, 11) is 0. The highest BCUT2D eigenvalue weighted by Gasteiger charge is 2.35. The number of carbonyl (C=O) groups is 3. The van der Waals surface area contributed by atoms with Crippen molar-refractivity contribution in [1.82, 2.24) is 9.80 Å². The van der Waals surface area contributed by atoms with E-state index in [4.69, 9.17) is 9.47 Å². The van der Waals surface area contributed by atoms with Crippen molar-refractivity contribution in [2.24, 2.45) is 0 Å². The van der Waals surface area contributed by atoms with Crippen LogP contribution < -0.4 is 4.74 Å². The van der Waals surface area contributed by atoms with Gasteiger partial charge < -0.3 is 14.4 Å². The van der Waals surface area contributed by atoms with E-state index in [-0.39, 0.29) is 23.9 Å². The molecule has 3 amide bonds. The van der Waals surface area contributed by atoms with Crippen molar-refractivity contribution in [2.75, 3.05) is 26.3 Å². The number of carbonyl (C=O) groups excluding carboxylic acids is 3. The molecule has 0 radical (unpaired) electrons. The minimum absolute atomic E-state index is 0.0769. The fourth-order valence-corrected chi connectivity index (χ4v) is 3.75. The molecule has 0 N–H and O–H groups in total. The van der Waals surface area contributed by atoms with E-state index >= 15 is 0 Å². The predicted molar refractivity (Wildman–Crippen MR) is 111 cm³/mol. The van der Waals surface area contributed by atoms with Gasteiger partial charge in [-0.25, -0.2) is 0 Å². The Morgan fingerprint density at radius 3 is 2.34 bits per heavy atom. The van der Waals surface area contributed by atoms with Gasteiger partial charge in [0.2, 0.25) is 0 Å². The summed E-state index contributed by atoms with van der Waals surface area (Å²) in [5.41, 5.74) is 0.796. The summed E-state index contributed by atoms with van der Waals surface area (Å²) in [5, 5.41) is 11.5. The second-order valence-corrected chi connectivity index (χ2v) is 7.50.